The van der Waals surface area contributed by atoms with Crippen LogP contribution < -0.4 is 5.11 Å². The SMILES string of the molecule is O=S(=O)([O-])C([O-])c1cccc(Cl)c1. The van der Waals surface area contributed by atoms with E-state index >= 15 is 0 Å². The Morgan fingerprint density at radius 1 is 1.38 bits per heavy atom. The second kappa shape index (κ2) is 3.63. The van der Waals surface area contributed by atoms with Crippen molar-refractivity contribution in [3.8, 4) is 0 Å². The maximum absolute atomic E-state index is 10.9. The fourth-order valence-corrected chi connectivity index (χ4v) is 1.50. The second-order valence-electron chi connectivity index (χ2n) is 2.38. The standard InChI is InChI=1S/C7H6ClO4S/c8-6-3-1-2-5(4-6)7(9)13(10,11)12/h1-4,7H,(H,10,11,12)/q-1/p-1. The van der Waals surface area contributed by atoms with Crippen LogP contribution in [0, 0.1) is 0 Å². The van der Waals surface area contributed by atoms with Crippen molar-refractivity contribution >= 4 is 21.7 Å². The van der Waals surface area contributed by atoms with Gasteiger partial charge in [-0.1, -0.05) is 23.7 Å². The summed E-state index contributed by atoms with van der Waals surface area (Å²) in [6.07, 6.45) is 0. The molecule has 0 radical (unpaired) electrons. The lowest BCUT2D eigenvalue weighted by atomic mass is 10.2. The van der Waals surface area contributed by atoms with E-state index in [0.717, 1.165) is 6.07 Å². The molecule has 0 amide bonds. The molecule has 1 atom stereocenters. The molecule has 0 aliphatic heterocycles. The molecule has 0 aliphatic carbocycles. The molecule has 1 aromatic rings. The summed E-state index contributed by atoms with van der Waals surface area (Å²) in [5.74, 6) is 0. The first kappa shape index (κ1) is 10.5. The zero-order valence-electron chi connectivity index (χ0n) is 6.31. The first-order valence-corrected chi connectivity index (χ1v) is 5.12. The lowest BCUT2D eigenvalue weighted by molar-refractivity contribution is -0.395. The van der Waals surface area contributed by atoms with Gasteiger partial charge in [-0.25, -0.2) is 8.42 Å². The number of halogens is 1. The van der Waals surface area contributed by atoms with Crippen LogP contribution in [0.3, 0.4) is 0 Å². The van der Waals surface area contributed by atoms with E-state index in [2.05, 4.69) is 0 Å². The summed E-state index contributed by atoms with van der Waals surface area (Å²) in [5.41, 5.74) is -2.44. The summed E-state index contributed by atoms with van der Waals surface area (Å²) in [6.45, 7) is 0. The van der Waals surface area contributed by atoms with E-state index in [0.29, 0.717) is 0 Å². The Hall–Kier alpha value is -0.620. The van der Waals surface area contributed by atoms with Gasteiger partial charge >= 0.3 is 0 Å². The molecule has 72 valence electrons. The third-order valence-electron chi connectivity index (χ3n) is 1.38. The molecule has 0 spiro atoms. The normalized spacial score (nSPS) is 14.1. The van der Waals surface area contributed by atoms with E-state index in [9.17, 15) is 18.1 Å². The van der Waals surface area contributed by atoms with Crippen molar-refractivity contribution in [2.24, 2.45) is 0 Å². The fourth-order valence-electron chi connectivity index (χ4n) is 0.820. The van der Waals surface area contributed by atoms with Crippen LogP contribution in [0.25, 0.3) is 0 Å². The molecule has 0 aliphatic rings. The Balaban J connectivity index is 3.10. The van der Waals surface area contributed by atoms with Gasteiger partial charge in [-0.2, -0.15) is 0 Å². The maximum Gasteiger partial charge on any atom is 0.0859 e. The van der Waals surface area contributed by atoms with E-state index in [1.165, 1.54) is 18.2 Å². The fraction of sp³-hybridized carbons (Fsp3) is 0.143. The summed E-state index contributed by atoms with van der Waals surface area (Å²) in [5, 5.41) is 11.2. The average Bonchev–Trinajstić information content (AvgIpc) is 2.01. The van der Waals surface area contributed by atoms with E-state index in [1.54, 1.807) is 0 Å². The summed E-state index contributed by atoms with van der Waals surface area (Å²) in [4.78, 5) is 0. The van der Waals surface area contributed by atoms with Crippen LogP contribution in [-0.2, 0) is 10.1 Å². The Morgan fingerprint density at radius 2 is 2.00 bits per heavy atom. The highest BCUT2D eigenvalue weighted by atomic mass is 35.5. The topological polar surface area (TPSA) is 80.3 Å². The predicted molar refractivity (Wildman–Crippen MR) is 43.9 cm³/mol. The molecule has 0 fully saturated rings. The lowest BCUT2D eigenvalue weighted by Gasteiger charge is -2.25. The second-order valence-corrected chi connectivity index (χ2v) is 4.23. The van der Waals surface area contributed by atoms with Gasteiger partial charge < -0.3 is 9.66 Å². The first-order chi connectivity index (χ1) is 5.91. The molecule has 0 N–H and O–H groups in total. The minimum Gasteiger partial charge on any atom is -0.838 e. The van der Waals surface area contributed by atoms with Crippen molar-refractivity contribution in [2.45, 2.75) is 5.44 Å². The highest BCUT2D eigenvalue weighted by Crippen LogP contribution is 2.18. The molecular weight excluding hydrogens is 216 g/mol. The Morgan fingerprint density at radius 3 is 2.46 bits per heavy atom. The van der Waals surface area contributed by atoms with Crippen molar-refractivity contribution in [2.75, 3.05) is 0 Å². The predicted octanol–water partition coefficient (Wildman–Crippen LogP) is 0.244. The minimum absolute atomic E-state index is 0.137. The van der Waals surface area contributed by atoms with Gasteiger partial charge in [0.1, 0.15) is 0 Å². The molecule has 1 rings (SSSR count). The van der Waals surface area contributed by atoms with Crippen LogP contribution in [0.1, 0.15) is 11.0 Å². The maximum atomic E-state index is 10.9. The van der Waals surface area contributed by atoms with Crippen molar-refractivity contribution in [1.82, 2.24) is 0 Å². The smallest absolute Gasteiger partial charge is 0.0859 e. The van der Waals surface area contributed by atoms with Crippen LogP contribution in [0.4, 0.5) is 0 Å². The highest BCUT2D eigenvalue weighted by molar-refractivity contribution is 7.85. The van der Waals surface area contributed by atoms with Gasteiger partial charge in [-0.3, -0.25) is 0 Å². The molecule has 1 aromatic carbocycles. The minimum atomic E-state index is -4.84. The molecule has 13 heavy (non-hydrogen) atoms. The van der Waals surface area contributed by atoms with Crippen LogP contribution in [0.2, 0.25) is 5.02 Å². The largest absolute Gasteiger partial charge is 0.838 e. The third kappa shape index (κ3) is 2.67. The van der Waals surface area contributed by atoms with Gasteiger partial charge in [0.15, 0.2) is 0 Å². The summed E-state index contributed by atoms with van der Waals surface area (Å²) < 4.78 is 31.0. The first-order valence-electron chi connectivity index (χ1n) is 3.27. The van der Waals surface area contributed by atoms with Crippen molar-refractivity contribution in [1.29, 1.82) is 0 Å². The van der Waals surface area contributed by atoms with Gasteiger partial charge in [-0.05, 0) is 23.1 Å². The quantitative estimate of drug-likeness (QED) is 0.669. The zero-order chi connectivity index (χ0) is 10.1. The summed E-state index contributed by atoms with van der Waals surface area (Å²) in [7, 11) is -4.84. The Kier molecular flexibility index (Phi) is 2.92. The molecule has 1 unspecified atom stereocenters. The van der Waals surface area contributed by atoms with Gasteiger partial charge in [0.2, 0.25) is 0 Å². The molecule has 0 saturated carbocycles. The van der Waals surface area contributed by atoms with Crippen molar-refractivity contribution in [3.05, 3.63) is 34.9 Å². The van der Waals surface area contributed by atoms with Gasteiger partial charge in [-0.15, -0.1) is 0 Å². The third-order valence-corrected chi connectivity index (χ3v) is 2.41. The van der Waals surface area contributed by atoms with Gasteiger partial charge in [0, 0.05) is 5.02 Å². The average molecular weight is 221 g/mol. The molecule has 0 heterocycles. The number of hydrogen-bond donors (Lipinski definition) is 0. The number of rotatable bonds is 2. The zero-order valence-corrected chi connectivity index (χ0v) is 7.88. The number of benzene rings is 1. The summed E-state index contributed by atoms with van der Waals surface area (Å²) in [6, 6.07) is 5.30. The van der Waals surface area contributed by atoms with Crippen molar-refractivity contribution < 1.29 is 18.1 Å². The molecule has 0 saturated heterocycles. The Bertz CT molecular complexity index is 401. The molecule has 6 heteroatoms. The van der Waals surface area contributed by atoms with E-state index in [1.807, 2.05) is 0 Å². The molecule has 0 bridgehead atoms. The van der Waals surface area contributed by atoms with Crippen LogP contribution >= 0.6 is 11.6 Å². The van der Waals surface area contributed by atoms with Gasteiger partial charge in [0.05, 0.1) is 10.1 Å². The van der Waals surface area contributed by atoms with E-state index in [-0.39, 0.29) is 10.6 Å². The monoisotopic (exact) mass is 220 g/mol. The summed E-state index contributed by atoms with van der Waals surface area (Å²) >= 11 is 5.50. The van der Waals surface area contributed by atoms with E-state index < -0.39 is 15.6 Å². The van der Waals surface area contributed by atoms with Crippen molar-refractivity contribution in [3.63, 3.8) is 0 Å². The lowest BCUT2D eigenvalue weighted by Crippen LogP contribution is -2.24. The Labute approximate surface area is 80.5 Å². The number of hydrogen-bond acceptors (Lipinski definition) is 4. The molecule has 0 aromatic heterocycles. The molecular formula is C7H5ClO4S-2. The van der Waals surface area contributed by atoms with Crippen LogP contribution in [0.5, 0.6) is 0 Å². The highest BCUT2D eigenvalue weighted by Gasteiger charge is 2.05. The molecule has 4 nitrogen and oxygen atoms in total. The van der Waals surface area contributed by atoms with Crippen LogP contribution in [-0.4, -0.2) is 13.0 Å². The van der Waals surface area contributed by atoms with E-state index in [4.69, 9.17) is 11.6 Å². The van der Waals surface area contributed by atoms with Crippen LogP contribution in [0.15, 0.2) is 24.3 Å². The van der Waals surface area contributed by atoms with Gasteiger partial charge in [0.25, 0.3) is 0 Å².